The van der Waals surface area contributed by atoms with Crippen molar-refractivity contribution in [3.63, 3.8) is 0 Å². The maximum absolute atomic E-state index is 3.42. The summed E-state index contributed by atoms with van der Waals surface area (Å²) in [6, 6.07) is 0. The zero-order chi connectivity index (χ0) is 11.1. The molecule has 0 aromatic rings. The van der Waals surface area contributed by atoms with Gasteiger partial charge >= 0.3 is 0 Å². The van der Waals surface area contributed by atoms with E-state index in [0.29, 0.717) is 0 Å². The van der Waals surface area contributed by atoms with Gasteiger partial charge in [-0.25, -0.2) is 0 Å². The fourth-order valence-corrected chi connectivity index (χ4v) is 2.27. The first kappa shape index (κ1) is 11.5. The maximum Gasteiger partial charge on any atom is 0.0655 e. The summed E-state index contributed by atoms with van der Waals surface area (Å²) in [6.45, 7) is 1.95. The second-order valence-electron chi connectivity index (χ2n) is 4.54. The molecule has 1 aliphatic carbocycles. The van der Waals surface area contributed by atoms with E-state index in [1.807, 2.05) is 0 Å². The molecule has 0 radical (unpaired) electrons. The Morgan fingerprint density at radius 1 is 1.00 bits per heavy atom. The van der Waals surface area contributed by atoms with E-state index in [4.69, 9.17) is 0 Å². The average Bonchev–Trinajstić information content (AvgIpc) is 2.30. The predicted molar refractivity (Wildman–Crippen MR) is 69.0 cm³/mol. The van der Waals surface area contributed by atoms with E-state index in [9.17, 15) is 0 Å². The summed E-state index contributed by atoms with van der Waals surface area (Å²) in [5.41, 5.74) is 2.88. The number of hydrogen-bond acceptors (Lipinski definition) is 2. The molecule has 1 heterocycles. The lowest BCUT2D eigenvalue weighted by molar-refractivity contribution is 0.582. The lowest BCUT2D eigenvalue weighted by Crippen LogP contribution is -2.36. The lowest BCUT2D eigenvalue weighted by Gasteiger charge is -2.21. The Morgan fingerprint density at radius 3 is 2.94 bits per heavy atom. The monoisotopic (exact) mass is 218 g/mol. The van der Waals surface area contributed by atoms with Gasteiger partial charge in [0.1, 0.15) is 0 Å². The normalized spacial score (nSPS) is 27.0. The van der Waals surface area contributed by atoms with E-state index in [1.54, 1.807) is 0 Å². The molecule has 0 saturated carbocycles. The van der Waals surface area contributed by atoms with Gasteiger partial charge < -0.3 is 5.32 Å². The molecule has 88 valence electrons. The average molecular weight is 218 g/mol. The fraction of sp³-hybridized carbons (Fsp3) is 0.571. The van der Waals surface area contributed by atoms with Crippen molar-refractivity contribution < 1.29 is 0 Å². The molecule has 0 unspecified atom stereocenters. The summed E-state index contributed by atoms with van der Waals surface area (Å²) in [6.07, 6.45) is 16.7. The van der Waals surface area contributed by atoms with Gasteiger partial charge in [0, 0.05) is 12.2 Å². The zero-order valence-corrected chi connectivity index (χ0v) is 9.97. The van der Waals surface area contributed by atoms with E-state index in [2.05, 4.69) is 34.9 Å². The molecule has 0 fully saturated rings. The minimum absolute atomic E-state index is 0.896. The molecule has 2 heteroatoms. The van der Waals surface area contributed by atoms with Crippen molar-refractivity contribution in [1.29, 1.82) is 0 Å². The highest BCUT2D eigenvalue weighted by Crippen LogP contribution is 2.16. The van der Waals surface area contributed by atoms with Crippen LogP contribution >= 0.6 is 0 Å². The van der Waals surface area contributed by atoms with E-state index >= 15 is 0 Å². The zero-order valence-electron chi connectivity index (χ0n) is 9.97. The van der Waals surface area contributed by atoms with E-state index in [-0.39, 0.29) is 0 Å². The lowest BCUT2D eigenvalue weighted by atomic mass is 10.0. The Balaban J connectivity index is 2.07. The molecule has 0 bridgehead atoms. The van der Waals surface area contributed by atoms with Crippen molar-refractivity contribution in [3.8, 4) is 0 Å². The van der Waals surface area contributed by atoms with Gasteiger partial charge in [0.05, 0.1) is 6.67 Å². The topological polar surface area (TPSA) is 24.1 Å². The van der Waals surface area contributed by atoms with Crippen LogP contribution in [0.25, 0.3) is 0 Å². The van der Waals surface area contributed by atoms with Crippen LogP contribution in [-0.2, 0) is 0 Å². The minimum Gasteiger partial charge on any atom is -0.372 e. The van der Waals surface area contributed by atoms with Crippen LogP contribution in [0, 0.1) is 0 Å². The van der Waals surface area contributed by atoms with Gasteiger partial charge in [0.25, 0.3) is 0 Å². The SMILES string of the molecule is C1=C/CCCCCCC2=C(/C=C/1)NCNC2. The van der Waals surface area contributed by atoms with Crippen molar-refractivity contribution in [3.05, 3.63) is 35.6 Å². The number of nitrogens with one attached hydrogen (secondary N) is 2. The minimum atomic E-state index is 0.896. The van der Waals surface area contributed by atoms with Gasteiger partial charge in [-0.05, 0) is 37.3 Å². The smallest absolute Gasteiger partial charge is 0.0655 e. The van der Waals surface area contributed by atoms with Crippen LogP contribution < -0.4 is 10.6 Å². The summed E-state index contributed by atoms with van der Waals surface area (Å²) in [4.78, 5) is 0. The predicted octanol–water partition coefficient (Wildman–Crippen LogP) is 2.86. The summed E-state index contributed by atoms with van der Waals surface area (Å²) in [7, 11) is 0. The molecule has 1 aliphatic heterocycles. The van der Waals surface area contributed by atoms with E-state index in [1.165, 1.54) is 49.8 Å². The highest BCUT2D eigenvalue weighted by Gasteiger charge is 2.08. The van der Waals surface area contributed by atoms with Gasteiger partial charge in [-0.3, -0.25) is 5.32 Å². The van der Waals surface area contributed by atoms with Crippen molar-refractivity contribution in [2.75, 3.05) is 13.2 Å². The van der Waals surface area contributed by atoms with Crippen LogP contribution in [0.3, 0.4) is 0 Å². The summed E-state index contributed by atoms with van der Waals surface area (Å²) >= 11 is 0. The number of hydrogen-bond donors (Lipinski definition) is 2. The van der Waals surface area contributed by atoms with Gasteiger partial charge in [-0.2, -0.15) is 0 Å². The molecule has 16 heavy (non-hydrogen) atoms. The summed E-state index contributed by atoms with van der Waals surface area (Å²) < 4.78 is 0. The molecule has 0 atom stereocenters. The van der Waals surface area contributed by atoms with Gasteiger partial charge in [-0.1, -0.05) is 31.1 Å². The quantitative estimate of drug-likeness (QED) is 0.653. The molecule has 0 aromatic heterocycles. The standard InChI is InChI=1S/C14H22N2/c1-2-4-6-8-10-14-13(9-7-5-3-1)11-15-12-16-14/h4,6,8,10,15-16H,1-3,5,7,9,11-12H2/b6-4+,10-8+. The van der Waals surface area contributed by atoms with Gasteiger partial charge in [0.15, 0.2) is 0 Å². The summed E-state index contributed by atoms with van der Waals surface area (Å²) in [5.74, 6) is 0. The number of rotatable bonds is 0. The molecule has 2 rings (SSSR count). The molecule has 0 spiro atoms. The Hall–Kier alpha value is -1.02. The van der Waals surface area contributed by atoms with E-state index < -0.39 is 0 Å². The van der Waals surface area contributed by atoms with Crippen molar-refractivity contribution >= 4 is 0 Å². The van der Waals surface area contributed by atoms with Crippen LogP contribution in [0.15, 0.2) is 35.6 Å². The Kier molecular flexibility index (Phi) is 4.69. The molecule has 0 saturated heterocycles. The van der Waals surface area contributed by atoms with Crippen molar-refractivity contribution in [2.24, 2.45) is 0 Å². The fourth-order valence-electron chi connectivity index (χ4n) is 2.27. The number of allylic oxidation sites excluding steroid dienone is 4. The third kappa shape index (κ3) is 3.53. The Morgan fingerprint density at radius 2 is 1.94 bits per heavy atom. The first-order valence-corrected chi connectivity index (χ1v) is 6.46. The molecule has 0 aromatic carbocycles. The molecule has 0 amide bonds. The molecular formula is C14H22N2. The Labute approximate surface area is 98.5 Å². The van der Waals surface area contributed by atoms with Crippen LogP contribution in [0.4, 0.5) is 0 Å². The first-order chi connectivity index (χ1) is 7.97. The molecular weight excluding hydrogens is 196 g/mol. The largest absolute Gasteiger partial charge is 0.372 e. The van der Waals surface area contributed by atoms with Crippen LogP contribution in [0.1, 0.15) is 38.5 Å². The van der Waals surface area contributed by atoms with Crippen LogP contribution in [0.2, 0.25) is 0 Å². The third-order valence-corrected chi connectivity index (χ3v) is 3.23. The van der Waals surface area contributed by atoms with Crippen LogP contribution in [-0.4, -0.2) is 13.2 Å². The van der Waals surface area contributed by atoms with Gasteiger partial charge in [0.2, 0.25) is 0 Å². The van der Waals surface area contributed by atoms with Crippen molar-refractivity contribution in [2.45, 2.75) is 38.5 Å². The highest BCUT2D eigenvalue weighted by atomic mass is 15.1. The maximum atomic E-state index is 3.42. The molecule has 2 nitrogen and oxygen atoms in total. The highest BCUT2D eigenvalue weighted by molar-refractivity contribution is 5.29. The molecule has 2 N–H and O–H groups in total. The third-order valence-electron chi connectivity index (χ3n) is 3.23. The van der Waals surface area contributed by atoms with E-state index in [0.717, 1.165) is 13.2 Å². The van der Waals surface area contributed by atoms with Crippen LogP contribution in [0.5, 0.6) is 0 Å². The second-order valence-corrected chi connectivity index (χ2v) is 4.54. The van der Waals surface area contributed by atoms with Gasteiger partial charge in [-0.15, -0.1) is 0 Å². The van der Waals surface area contributed by atoms with Crippen molar-refractivity contribution in [1.82, 2.24) is 10.6 Å². The Bertz CT molecular complexity index is 300. The molecule has 2 aliphatic rings. The summed E-state index contributed by atoms with van der Waals surface area (Å²) in [5, 5.41) is 6.80. The second kappa shape index (κ2) is 6.54. The first-order valence-electron chi connectivity index (χ1n) is 6.46.